The van der Waals surface area contributed by atoms with Gasteiger partial charge in [-0.25, -0.2) is 13.2 Å². The Morgan fingerprint density at radius 2 is 1.65 bits per heavy atom. The van der Waals surface area contributed by atoms with E-state index in [0.29, 0.717) is 18.5 Å². The van der Waals surface area contributed by atoms with Crippen LogP contribution in [0.25, 0.3) is 0 Å². The van der Waals surface area contributed by atoms with Crippen LogP contribution in [-0.4, -0.2) is 40.5 Å². The van der Waals surface area contributed by atoms with Crippen LogP contribution in [0.3, 0.4) is 0 Å². The number of hydrogen-bond donors (Lipinski definition) is 1. The van der Waals surface area contributed by atoms with Gasteiger partial charge in [-0.1, -0.05) is 54.1 Å². The Hall–Kier alpha value is -3.65. The highest BCUT2D eigenvalue weighted by Crippen LogP contribution is 2.22. The van der Waals surface area contributed by atoms with Crippen LogP contribution in [0.15, 0.2) is 83.8 Å². The molecule has 178 valence electrons. The molecule has 0 fully saturated rings. The van der Waals surface area contributed by atoms with Crippen molar-refractivity contribution >= 4 is 27.6 Å². The number of ether oxygens (including phenoxy) is 1. The topological polar surface area (TPSA) is 92.8 Å². The monoisotopic (exact) mass is 480 g/mol. The number of esters is 1. The number of nitrogens with zero attached hydrogens (tertiary/aromatic N) is 1. The summed E-state index contributed by atoms with van der Waals surface area (Å²) in [7, 11) is -2.39. The van der Waals surface area contributed by atoms with Crippen molar-refractivity contribution < 1.29 is 22.7 Å². The van der Waals surface area contributed by atoms with Gasteiger partial charge in [-0.05, 0) is 49.2 Å². The average Bonchev–Trinajstić information content (AvgIpc) is 2.86. The van der Waals surface area contributed by atoms with E-state index >= 15 is 0 Å². The predicted molar refractivity (Wildman–Crippen MR) is 131 cm³/mol. The number of benzene rings is 3. The minimum atomic E-state index is -3.85. The first-order valence-corrected chi connectivity index (χ1v) is 12.3. The molecule has 34 heavy (non-hydrogen) atoms. The molecule has 0 aliphatic rings. The van der Waals surface area contributed by atoms with Crippen LogP contribution in [0.4, 0.5) is 5.69 Å². The molecule has 0 bridgehead atoms. The minimum absolute atomic E-state index is 0.0160. The molecular formula is C26H28N2O5S. The second kappa shape index (κ2) is 11.5. The summed E-state index contributed by atoms with van der Waals surface area (Å²) in [5, 5.41) is 2.72. The molecule has 1 amide bonds. The van der Waals surface area contributed by atoms with E-state index in [9.17, 15) is 18.0 Å². The third kappa shape index (κ3) is 6.68. The van der Waals surface area contributed by atoms with Gasteiger partial charge in [-0.3, -0.25) is 9.10 Å². The zero-order valence-corrected chi connectivity index (χ0v) is 20.0. The van der Waals surface area contributed by atoms with Crippen molar-refractivity contribution in [3.05, 3.63) is 95.6 Å². The lowest BCUT2D eigenvalue weighted by Gasteiger charge is -2.19. The van der Waals surface area contributed by atoms with Crippen molar-refractivity contribution in [2.24, 2.45) is 0 Å². The van der Waals surface area contributed by atoms with Gasteiger partial charge < -0.3 is 10.1 Å². The molecule has 0 saturated carbocycles. The highest BCUT2D eigenvalue weighted by atomic mass is 32.2. The Bertz CT molecular complexity index is 1230. The van der Waals surface area contributed by atoms with Crippen LogP contribution < -0.4 is 9.62 Å². The van der Waals surface area contributed by atoms with Gasteiger partial charge in [0.2, 0.25) is 5.91 Å². The van der Waals surface area contributed by atoms with Gasteiger partial charge in [-0.15, -0.1) is 0 Å². The molecule has 3 aromatic rings. The Balaban J connectivity index is 1.49. The number of nitrogens with one attached hydrogen (secondary N) is 1. The van der Waals surface area contributed by atoms with Gasteiger partial charge in [0, 0.05) is 13.5 Å². The molecule has 3 aromatic carbocycles. The van der Waals surface area contributed by atoms with Gasteiger partial charge in [0.25, 0.3) is 10.0 Å². The first kappa shape index (κ1) is 25.0. The van der Waals surface area contributed by atoms with Gasteiger partial charge in [0.15, 0.2) is 0 Å². The predicted octanol–water partition coefficient (Wildman–Crippen LogP) is 3.73. The number of anilines is 1. The van der Waals surface area contributed by atoms with Gasteiger partial charge in [0.1, 0.15) is 6.61 Å². The summed E-state index contributed by atoms with van der Waals surface area (Å²) >= 11 is 0. The molecule has 1 N–H and O–H groups in total. The van der Waals surface area contributed by atoms with E-state index < -0.39 is 16.0 Å². The number of hydrogen-bond acceptors (Lipinski definition) is 5. The zero-order chi connectivity index (χ0) is 24.6. The largest absolute Gasteiger partial charge is 0.460 e. The molecule has 8 heteroatoms. The second-order valence-electron chi connectivity index (χ2n) is 7.81. The zero-order valence-electron chi connectivity index (χ0n) is 19.2. The fraction of sp³-hybridized carbons (Fsp3) is 0.231. The van der Waals surface area contributed by atoms with Crippen molar-refractivity contribution in [1.82, 2.24) is 5.32 Å². The summed E-state index contributed by atoms with van der Waals surface area (Å²) in [5.41, 5.74) is 2.88. The molecule has 0 aliphatic carbocycles. The van der Waals surface area contributed by atoms with E-state index in [-0.39, 0.29) is 29.5 Å². The normalized spacial score (nSPS) is 11.0. The standard InChI is InChI=1S/C26H28N2O5S/c1-20-11-13-21(14-12-20)15-16-25(29)27-17-18-33-26(30)22-7-6-10-24(19-22)34(31,32)28(2)23-8-4-3-5-9-23/h3-14,19H,15-18H2,1-2H3,(H,27,29). The summed E-state index contributed by atoms with van der Waals surface area (Å²) in [6.45, 7) is 2.17. The molecule has 0 heterocycles. The van der Waals surface area contributed by atoms with Gasteiger partial charge in [0.05, 0.1) is 22.7 Å². The maximum Gasteiger partial charge on any atom is 0.338 e. The molecule has 0 aliphatic heterocycles. The molecule has 0 aromatic heterocycles. The molecular weight excluding hydrogens is 452 g/mol. The van der Waals surface area contributed by atoms with Crippen LogP contribution in [0.1, 0.15) is 27.9 Å². The number of sulfonamides is 1. The van der Waals surface area contributed by atoms with Crippen LogP contribution in [0, 0.1) is 6.92 Å². The first-order valence-electron chi connectivity index (χ1n) is 10.9. The van der Waals surface area contributed by atoms with Crippen LogP contribution in [-0.2, 0) is 26.0 Å². The van der Waals surface area contributed by atoms with Gasteiger partial charge >= 0.3 is 5.97 Å². The highest BCUT2D eigenvalue weighted by molar-refractivity contribution is 7.92. The molecule has 0 spiro atoms. The SMILES string of the molecule is Cc1ccc(CCC(=O)NCCOC(=O)c2cccc(S(=O)(=O)N(C)c3ccccc3)c2)cc1. The summed E-state index contributed by atoms with van der Waals surface area (Å²) in [6.07, 6.45) is 0.969. The maximum absolute atomic E-state index is 12.9. The number of amides is 1. The first-order chi connectivity index (χ1) is 16.3. The van der Waals surface area contributed by atoms with Crippen molar-refractivity contribution in [3.8, 4) is 0 Å². The smallest absolute Gasteiger partial charge is 0.338 e. The average molecular weight is 481 g/mol. The third-order valence-electron chi connectivity index (χ3n) is 5.27. The number of carbonyl (C=O) groups excluding carboxylic acids is 2. The Kier molecular flexibility index (Phi) is 8.43. The lowest BCUT2D eigenvalue weighted by atomic mass is 10.1. The Morgan fingerprint density at radius 3 is 2.35 bits per heavy atom. The minimum Gasteiger partial charge on any atom is -0.460 e. The number of aryl methyl sites for hydroxylation is 2. The van der Waals surface area contributed by atoms with E-state index in [4.69, 9.17) is 4.74 Å². The molecule has 0 saturated heterocycles. The van der Waals surface area contributed by atoms with E-state index in [0.717, 1.165) is 9.87 Å². The molecule has 0 unspecified atom stereocenters. The van der Waals surface area contributed by atoms with Crippen LogP contribution in [0.5, 0.6) is 0 Å². The van der Waals surface area contributed by atoms with E-state index in [1.54, 1.807) is 30.3 Å². The van der Waals surface area contributed by atoms with E-state index in [1.807, 2.05) is 31.2 Å². The van der Waals surface area contributed by atoms with E-state index in [1.165, 1.54) is 36.9 Å². The highest BCUT2D eigenvalue weighted by Gasteiger charge is 2.22. The van der Waals surface area contributed by atoms with Crippen molar-refractivity contribution in [3.63, 3.8) is 0 Å². The fourth-order valence-corrected chi connectivity index (χ4v) is 4.48. The summed E-state index contributed by atoms with van der Waals surface area (Å²) in [5.74, 6) is -0.790. The molecule has 3 rings (SSSR count). The number of rotatable bonds is 10. The van der Waals surface area contributed by atoms with Crippen molar-refractivity contribution in [2.75, 3.05) is 24.5 Å². The third-order valence-corrected chi connectivity index (χ3v) is 7.05. The Morgan fingerprint density at radius 1 is 0.941 bits per heavy atom. The van der Waals surface area contributed by atoms with E-state index in [2.05, 4.69) is 5.32 Å². The van der Waals surface area contributed by atoms with Gasteiger partial charge in [-0.2, -0.15) is 0 Å². The lowest BCUT2D eigenvalue weighted by molar-refractivity contribution is -0.121. The van der Waals surface area contributed by atoms with Crippen molar-refractivity contribution in [2.45, 2.75) is 24.7 Å². The maximum atomic E-state index is 12.9. The Labute approximate surface area is 200 Å². The number of para-hydroxylation sites is 1. The lowest BCUT2D eigenvalue weighted by Crippen LogP contribution is -2.28. The molecule has 0 radical (unpaired) electrons. The van der Waals surface area contributed by atoms with Crippen molar-refractivity contribution in [1.29, 1.82) is 0 Å². The summed E-state index contributed by atoms with van der Waals surface area (Å²) < 4.78 is 32.3. The molecule has 0 atom stereocenters. The van der Waals surface area contributed by atoms with Crippen LogP contribution in [0.2, 0.25) is 0 Å². The summed E-state index contributed by atoms with van der Waals surface area (Å²) in [4.78, 5) is 24.4. The fourth-order valence-electron chi connectivity index (χ4n) is 3.24. The second-order valence-corrected chi connectivity index (χ2v) is 9.78. The quantitative estimate of drug-likeness (QED) is 0.353. The molecule has 7 nitrogen and oxygen atoms in total. The van der Waals surface area contributed by atoms with Crippen LogP contribution >= 0.6 is 0 Å². The summed E-state index contributed by atoms with van der Waals surface area (Å²) in [6, 6.07) is 22.4. The number of carbonyl (C=O) groups is 2.